The number of thiophene rings is 1. The number of nitriles is 2. The number of hydrogen-bond donors (Lipinski definition) is 1. The van der Waals surface area contributed by atoms with Crippen molar-refractivity contribution in [2.24, 2.45) is 5.73 Å². The Bertz CT molecular complexity index is 668. The van der Waals surface area contributed by atoms with Gasteiger partial charge in [0.05, 0.1) is 12.4 Å². The molecule has 0 bridgehead atoms. The van der Waals surface area contributed by atoms with E-state index in [1.807, 2.05) is 38.1 Å². The van der Waals surface area contributed by atoms with Crippen LogP contribution in [0.15, 0.2) is 18.5 Å². The first-order valence-corrected chi connectivity index (χ1v) is 6.59. The summed E-state index contributed by atoms with van der Waals surface area (Å²) >= 11 is 1.63. The summed E-state index contributed by atoms with van der Waals surface area (Å²) < 4.78 is 1.69. The molecule has 0 saturated carbocycles. The monoisotopic (exact) mass is 271 g/mol. The van der Waals surface area contributed by atoms with Crippen molar-refractivity contribution in [3.05, 3.63) is 39.6 Å². The van der Waals surface area contributed by atoms with Crippen molar-refractivity contribution in [2.75, 3.05) is 0 Å². The standard InChI is InChI=1S/C13H13N5S/c1-8-3-4-12(19-8)13(9(2)16)18-7-17-10(5-14)11(18)6-15/h3-4,7,9,13H,16H2,1-2H3. The maximum absolute atomic E-state index is 9.20. The first-order chi connectivity index (χ1) is 9.08. The Kier molecular flexibility index (Phi) is 3.66. The SMILES string of the molecule is Cc1ccc(C(C(C)N)n2cnc(C#N)c2C#N)s1. The van der Waals surface area contributed by atoms with Gasteiger partial charge in [-0.1, -0.05) is 0 Å². The van der Waals surface area contributed by atoms with Gasteiger partial charge in [-0.25, -0.2) is 4.98 Å². The molecule has 2 aromatic rings. The van der Waals surface area contributed by atoms with E-state index in [2.05, 4.69) is 4.98 Å². The number of hydrogen-bond acceptors (Lipinski definition) is 5. The Balaban J connectivity index is 2.56. The van der Waals surface area contributed by atoms with Gasteiger partial charge < -0.3 is 10.3 Å². The van der Waals surface area contributed by atoms with Gasteiger partial charge in [0.15, 0.2) is 11.4 Å². The molecule has 2 unspecified atom stereocenters. The van der Waals surface area contributed by atoms with E-state index in [1.54, 1.807) is 15.9 Å². The second kappa shape index (κ2) is 5.23. The molecule has 0 spiro atoms. The molecule has 0 aromatic carbocycles. The molecule has 2 N–H and O–H groups in total. The first kappa shape index (κ1) is 13.3. The van der Waals surface area contributed by atoms with Crippen molar-refractivity contribution in [1.29, 1.82) is 10.5 Å². The zero-order chi connectivity index (χ0) is 14.0. The molecule has 0 amide bonds. The Morgan fingerprint density at radius 1 is 1.37 bits per heavy atom. The topological polar surface area (TPSA) is 91.4 Å². The van der Waals surface area contributed by atoms with Gasteiger partial charge in [-0.05, 0) is 26.0 Å². The second-order valence-electron chi connectivity index (χ2n) is 4.33. The minimum Gasteiger partial charge on any atom is -0.326 e. The molecule has 2 heterocycles. The second-order valence-corrected chi connectivity index (χ2v) is 5.64. The predicted octanol–water partition coefficient (Wildman–Crippen LogP) is 1.93. The molecule has 0 fully saturated rings. The van der Waals surface area contributed by atoms with Crippen LogP contribution in [0.25, 0.3) is 0 Å². The lowest BCUT2D eigenvalue weighted by molar-refractivity contribution is 0.500. The van der Waals surface area contributed by atoms with Gasteiger partial charge in [-0.15, -0.1) is 11.3 Å². The number of aryl methyl sites for hydroxylation is 1. The largest absolute Gasteiger partial charge is 0.326 e. The molecular weight excluding hydrogens is 258 g/mol. The third-order valence-corrected chi connectivity index (χ3v) is 3.93. The normalized spacial score (nSPS) is 13.5. The lowest BCUT2D eigenvalue weighted by Crippen LogP contribution is -2.30. The molecule has 19 heavy (non-hydrogen) atoms. The molecule has 2 atom stereocenters. The first-order valence-electron chi connectivity index (χ1n) is 5.77. The quantitative estimate of drug-likeness (QED) is 0.923. The Morgan fingerprint density at radius 2 is 2.11 bits per heavy atom. The molecule has 2 aromatic heterocycles. The Labute approximate surface area is 115 Å². The fourth-order valence-electron chi connectivity index (χ4n) is 2.03. The van der Waals surface area contributed by atoms with Crippen molar-refractivity contribution in [3.8, 4) is 12.1 Å². The Morgan fingerprint density at radius 3 is 2.58 bits per heavy atom. The maximum Gasteiger partial charge on any atom is 0.176 e. The maximum atomic E-state index is 9.20. The zero-order valence-electron chi connectivity index (χ0n) is 10.7. The summed E-state index contributed by atoms with van der Waals surface area (Å²) in [6.07, 6.45) is 1.51. The number of rotatable bonds is 3. The van der Waals surface area contributed by atoms with Crippen molar-refractivity contribution >= 4 is 11.3 Å². The van der Waals surface area contributed by atoms with Crippen molar-refractivity contribution in [2.45, 2.75) is 25.9 Å². The summed E-state index contributed by atoms with van der Waals surface area (Å²) in [5.74, 6) is 0. The van der Waals surface area contributed by atoms with Gasteiger partial charge in [0.25, 0.3) is 0 Å². The van der Waals surface area contributed by atoms with Crippen molar-refractivity contribution < 1.29 is 0 Å². The van der Waals surface area contributed by atoms with Gasteiger partial charge in [0.2, 0.25) is 0 Å². The molecule has 5 nitrogen and oxygen atoms in total. The Hall–Kier alpha value is -2.15. The van der Waals surface area contributed by atoms with E-state index in [4.69, 9.17) is 11.0 Å². The van der Waals surface area contributed by atoms with E-state index in [0.29, 0.717) is 0 Å². The molecule has 0 saturated heterocycles. The highest BCUT2D eigenvalue weighted by molar-refractivity contribution is 7.12. The van der Waals surface area contributed by atoms with Crippen LogP contribution in [0.2, 0.25) is 0 Å². The molecule has 0 aliphatic heterocycles. The van der Waals surface area contributed by atoms with Crippen LogP contribution in [0.1, 0.15) is 34.1 Å². The molecule has 2 rings (SSSR count). The van der Waals surface area contributed by atoms with E-state index in [-0.39, 0.29) is 23.5 Å². The van der Waals surface area contributed by atoms with Crippen LogP contribution in [-0.4, -0.2) is 15.6 Å². The number of aromatic nitrogens is 2. The molecular formula is C13H13N5S. The average molecular weight is 271 g/mol. The van der Waals surface area contributed by atoms with Gasteiger partial charge in [0, 0.05) is 15.8 Å². The number of nitrogens with zero attached hydrogens (tertiary/aromatic N) is 4. The predicted molar refractivity (Wildman–Crippen MR) is 72.5 cm³/mol. The molecule has 0 aliphatic rings. The van der Waals surface area contributed by atoms with Crippen LogP contribution in [0.4, 0.5) is 0 Å². The minimum absolute atomic E-state index is 0.140. The number of imidazole rings is 1. The van der Waals surface area contributed by atoms with E-state index in [1.165, 1.54) is 11.2 Å². The summed E-state index contributed by atoms with van der Waals surface area (Å²) in [5, 5.41) is 18.2. The minimum atomic E-state index is -0.189. The zero-order valence-corrected chi connectivity index (χ0v) is 11.5. The fourth-order valence-corrected chi connectivity index (χ4v) is 3.12. The third-order valence-electron chi connectivity index (χ3n) is 2.86. The lowest BCUT2D eigenvalue weighted by atomic mass is 10.1. The van der Waals surface area contributed by atoms with Crippen molar-refractivity contribution in [3.63, 3.8) is 0 Å². The van der Waals surface area contributed by atoms with Crippen LogP contribution >= 0.6 is 11.3 Å². The highest BCUT2D eigenvalue weighted by Crippen LogP contribution is 2.29. The van der Waals surface area contributed by atoms with E-state index in [9.17, 15) is 5.26 Å². The highest BCUT2D eigenvalue weighted by atomic mass is 32.1. The summed E-state index contributed by atoms with van der Waals surface area (Å²) in [4.78, 5) is 6.21. The van der Waals surface area contributed by atoms with E-state index < -0.39 is 0 Å². The van der Waals surface area contributed by atoms with Gasteiger partial charge in [-0.2, -0.15) is 10.5 Å². The van der Waals surface area contributed by atoms with Crippen LogP contribution in [0.5, 0.6) is 0 Å². The fraction of sp³-hybridized carbons (Fsp3) is 0.308. The van der Waals surface area contributed by atoms with Gasteiger partial charge in [0.1, 0.15) is 12.1 Å². The van der Waals surface area contributed by atoms with Gasteiger partial charge in [-0.3, -0.25) is 0 Å². The smallest absolute Gasteiger partial charge is 0.176 e. The van der Waals surface area contributed by atoms with E-state index >= 15 is 0 Å². The average Bonchev–Trinajstić information content (AvgIpc) is 2.96. The van der Waals surface area contributed by atoms with Crippen LogP contribution in [0, 0.1) is 29.6 Å². The van der Waals surface area contributed by atoms with E-state index in [0.717, 1.165) is 4.88 Å². The van der Waals surface area contributed by atoms with Gasteiger partial charge >= 0.3 is 0 Å². The van der Waals surface area contributed by atoms with Crippen LogP contribution in [0.3, 0.4) is 0 Å². The highest BCUT2D eigenvalue weighted by Gasteiger charge is 2.24. The molecule has 96 valence electrons. The van der Waals surface area contributed by atoms with Crippen LogP contribution in [-0.2, 0) is 0 Å². The molecule has 0 radical (unpaired) electrons. The third kappa shape index (κ3) is 2.37. The molecule has 6 heteroatoms. The molecule has 0 aliphatic carbocycles. The summed E-state index contributed by atoms with van der Waals surface area (Å²) in [6, 6.07) is 7.61. The summed E-state index contributed by atoms with van der Waals surface area (Å²) in [6.45, 7) is 3.90. The number of nitrogens with two attached hydrogens (primary N) is 1. The van der Waals surface area contributed by atoms with Crippen LogP contribution < -0.4 is 5.73 Å². The lowest BCUT2D eigenvalue weighted by Gasteiger charge is -2.21. The summed E-state index contributed by atoms with van der Waals surface area (Å²) in [5.41, 5.74) is 6.45. The summed E-state index contributed by atoms with van der Waals surface area (Å²) in [7, 11) is 0. The van der Waals surface area contributed by atoms with Crippen molar-refractivity contribution in [1.82, 2.24) is 9.55 Å².